The molecule has 0 radical (unpaired) electrons. The van der Waals surface area contributed by atoms with Crippen LogP contribution in [0.1, 0.15) is 26.3 Å². The van der Waals surface area contributed by atoms with Crippen molar-refractivity contribution in [1.29, 1.82) is 0 Å². The lowest BCUT2D eigenvalue weighted by Gasteiger charge is -2.33. The fourth-order valence-electron chi connectivity index (χ4n) is 3.76. The van der Waals surface area contributed by atoms with Crippen LogP contribution in [0.3, 0.4) is 0 Å². The Balaban J connectivity index is 1.94. The van der Waals surface area contributed by atoms with Crippen LogP contribution in [-0.2, 0) is 21.2 Å². The number of amides is 1. The molecule has 0 unspecified atom stereocenters. The van der Waals surface area contributed by atoms with Crippen molar-refractivity contribution in [3.63, 3.8) is 0 Å². The van der Waals surface area contributed by atoms with Gasteiger partial charge in [0.1, 0.15) is 11.8 Å². The molecule has 0 bridgehead atoms. The summed E-state index contributed by atoms with van der Waals surface area (Å²) in [6.45, 7) is 6.02. The lowest BCUT2D eigenvalue weighted by atomic mass is 10.1. The Kier molecular flexibility index (Phi) is 5.65. The first-order valence-electron chi connectivity index (χ1n) is 9.37. The molecule has 1 aliphatic rings. The number of hydrogen-bond acceptors (Lipinski definition) is 4. The summed E-state index contributed by atoms with van der Waals surface area (Å²) >= 11 is 0. The molecule has 0 aromatic heterocycles. The molecule has 0 aliphatic carbocycles. The first-order chi connectivity index (χ1) is 13.2. The van der Waals surface area contributed by atoms with Gasteiger partial charge in [0.25, 0.3) is 5.91 Å². The maximum Gasteiger partial charge on any atom is 0.250 e. The van der Waals surface area contributed by atoms with Crippen molar-refractivity contribution in [1.82, 2.24) is 0 Å². The average Bonchev–Trinajstić information content (AvgIpc) is 2.97. The van der Waals surface area contributed by atoms with E-state index in [-0.39, 0.29) is 11.9 Å². The molecule has 0 saturated carbocycles. The second kappa shape index (κ2) is 7.83. The highest BCUT2D eigenvalue weighted by molar-refractivity contribution is 7.92. The van der Waals surface area contributed by atoms with Crippen LogP contribution < -0.4 is 13.9 Å². The number of rotatable bonds is 6. The summed E-state index contributed by atoms with van der Waals surface area (Å²) in [5.41, 5.74) is 2.39. The van der Waals surface area contributed by atoms with Crippen LogP contribution in [0.2, 0.25) is 0 Å². The Morgan fingerprint density at radius 2 is 1.86 bits per heavy atom. The smallest absolute Gasteiger partial charge is 0.250 e. The maximum absolute atomic E-state index is 13.3. The second-order valence-corrected chi connectivity index (χ2v) is 8.91. The molecule has 1 aliphatic heterocycles. The highest BCUT2D eigenvalue weighted by Gasteiger charge is 2.37. The number of carbonyl (C=O) groups is 1. The van der Waals surface area contributed by atoms with Gasteiger partial charge in [0.15, 0.2) is 0 Å². The summed E-state index contributed by atoms with van der Waals surface area (Å²) in [6.07, 6.45) is 1.88. The summed E-state index contributed by atoms with van der Waals surface area (Å²) in [5.74, 6) is 0.414. The predicted molar refractivity (Wildman–Crippen MR) is 111 cm³/mol. The van der Waals surface area contributed by atoms with E-state index in [4.69, 9.17) is 4.74 Å². The number of ether oxygens (including phenoxy) is 1. The third-order valence-electron chi connectivity index (χ3n) is 4.91. The zero-order chi connectivity index (χ0) is 20.5. The van der Waals surface area contributed by atoms with E-state index in [1.54, 1.807) is 36.1 Å². The van der Waals surface area contributed by atoms with Gasteiger partial charge in [-0.1, -0.05) is 18.2 Å². The molecule has 6 nitrogen and oxygen atoms in total. The highest BCUT2D eigenvalue weighted by atomic mass is 32.2. The Hall–Kier alpha value is -2.54. The van der Waals surface area contributed by atoms with Gasteiger partial charge in [0.05, 0.1) is 18.6 Å². The maximum atomic E-state index is 13.3. The highest BCUT2D eigenvalue weighted by Crippen LogP contribution is 2.34. The summed E-state index contributed by atoms with van der Waals surface area (Å²) in [4.78, 5) is 15.1. The van der Waals surface area contributed by atoms with E-state index in [0.717, 1.165) is 23.9 Å². The minimum absolute atomic E-state index is 0.0194. The van der Waals surface area contributed by atoms with E-state index in [2.05, 4.69) is 0 Å². The molecular weight excluding hydrogens is 376 g/mol. The Bertz CT molecular complexity index is 957. The number of sulfonamides is 1. The van der Waals surface area contributed by atoms with Crippen molar-refractivity contribution < 1.29 is 17.9 Å². The van der Waals surface area contributed by atoms with Crippen LogP contribution >= 0.6 is 0 Å². The molecule has 0 fully saturated rings. The fourth-order valence-corrected chi connectivity index (χ4v) is 4.93. The molecule has 1 amide bonds. The van der Waals surface area contributed by atoms with Gasteiger partial charge < -0.3 is 9.64 Å². The average molecular weight is 403 g/mol. The predicted octanol–water partition coefficient (Wildman–Crippen LogP) is 3.22. The van der Waals surface area contributed by atoms with E-state index >= 15 is 0 Å². The second-order valence-electron chi connectivity index (χ2n) is 7.05. The molecular formula is C21H26N2O4S. The zero-order valence-corrected chi connectivity index (χ0v) is 17.4. The van der Waals surface area contributed by atoms with Crippen LogP contribution in [0, 0.1) is 0 Å². The molecule has 2 atom stereocenters. The van der Waals surface area contributed by atoms with Crippen LogP contribution in [-0.4, -0.2) is 39.3 Å². The summed E-state index contributed by atoms with van der Waals surface area (Å²) in [6, 6.07) is 13.6. The van der Waals surface area contributed by atoms with Gasteiger partial charge in [0.2, 0.25) is 10.0 Å². The molecule has 2 aromatic rings. The third-order valence-corrected chi connectivity index (χ3v) is 6.15. The molecule has 2 aromatic carbocycles. The summed E-state index contributed by atoms with van der Waals surface area (Å²) < 4.78 is 31.7. The van der Waals surface area contributed by atoms with Crippen LogP contribution in [0.4, 0.5) is 11.4 Å². The van der Waals surface area contributed by atoms with Crippen molar-refractivity contribution in [2.45, 2.75) is 39.3 Å². The molecule has 0 saturated heterocycles. The standard InChI is InChI=1S/C21H26N2O4S/c1-5-27-19-12-10-18(11-13-19)23(28(4,25)26)16(3)21(24)22-15(2)14-17-8-6-7-9-20(17)22/h6-13,15-16H,5,14H2,1-4H3/t15-,16-/m1/s1. The van der Waals surface area contributed by atoms with Crippen molar-refractivity contribution in [2.75, 3.05) is 22.1 Å². The number of hydrogen-bond donors (Lipinski definition) is 0. The number of para-hydroxylation sites is 1. The third kappa shape index (κ3) is 3.85. The van der Waals surface area contributed by atoms with Crippen molar-refractivity contribution in [3.05, 3.63) is 54.1 Å². The van der Waals surface area contributed by atoms with E-state index in [9.17, 15) is 13.2 Å². The molecule has 150 valence electrons. The Morgan fingerprint density at radius 3 is 2.46 bits per heavy atom. The van der Waals surface area contributed by atoms with Gasteiger partial charge in [0, 0.05) is 11.7 Å². The molecule has 0 N–H and O–H groups in total. The van der Waals surface area contributed by atoms with E-state index in [1.807, 2.05) is 38.1 Å². The van der Waals surface area contributed by atoms with Gasteiger partial charge >= 0.3 is 0 Å². The van der Waals surface area contributed by atoms with E-state index in [1.165, 1.54) is 4.31 Å². The van der Waals surface area contributed by atoms with Crippen molar-refractivity contribution in [2.24, 2.45) is 0 Å². The Labute approximate surface area is 166 Å². The molecule has 7 heteroatoms. The zero-order valence-electron chi connectivity index (χ0n) is 16.6. The number of nitrogens with zero attached hydrogens (tertiary/aromatic N) is 2. The quantitative estimate of drug-likeness (QED) is 0.744. The minimum atomic E-state index is -3.67. The normalized spacial score (nSPS) is 17.1. The molecule has 3 rings (SSSR count). The topological polar surface area (TPSA) is 66.9 Å². The lowest BCUT2D eigenvalue weighted by molar-refractivity contribution is -0.119. The summed E-state index contributed by atoms with van der Waals surface area (Å²) in [7, 11) is -3.67. The van der Waals surface area contributed by atoms with Crippen molar-refractivity contribution in [3.8, 4) is 5.75 Å². The summed E-state index contributed by atoms with van der Waals surface area (Å²) in [5, 5.41) is 0. The van der Waals surface area contributed by atoms with E-state index in [0.29, 0.717) is 18.0 Å². The lowest BCUT2D eigenvalue weighted by Crippen LogP contribution is -2.51. The van der Waals surface area contributed by atoms with Crippen molar-refractivity contribution >= 4 is 27.3 Å². The van der Waals surface area contributed by atoms with Crippen LogP contribution in [0.5, 0.6) is 5.75 Å². The first-order valence-corrected chi connectivity index (χ1v) is 11.2. The molecule has 28 heavy (non-hydrogen) atoms. The monoisotopic (exact) mass is 402 g/mol. The van der Waals surface area contributed by atoms with E-state index < -0.39 is 16.1 Å². The van der Waals surface area contributed by atoms with Gasteiger partial charge in [-0.05, 0) is 63.1 Å². The Morgan fingerprint density at radius 1 is 1.21 bits per heavy atom. The SMILES string of the molecule is CCOc1ccc(N([C@H](C)C(=O)N2c3ccccc3C[C@H]2C)S(C)(=O)=O)cc1. The van der Waals surface area contributed by atoms with Crippen LogP contribution in [0.15, 0.2) is 48.5 Å². The minimum Gasteiger partial charge on any atom is -0.494 e. The van der Waals surface area contributed by atoms with Gasteiger partial charge in [-0.2, -0.15) is 0 Å². The fraction of sp³-hybridized carbons (Fsp3) is 0.381. The molecule has 1 heterocycles. The van der Waals surface area contributed by atoms with Gasteiger partial charge in [-0.15, -0.1) is 0 Å². The van der Waals surface area contributed by atoms with Gasteiger partial charge in [-0.25, -0.2) is 8.42 Å². The number of fused-ring (bicyclic) bond motifs is 1. The number of carbonyl (C=O) groups excluding carboxylic acids is 1. The molecule has 0 spiro atoms. The van der Waals surface area contributed by atoms with Gasteiger partial charge in [-0.3, -0.25) is 9.10 Å². The van der Waals surface area contributed by atoms with Crippen LogP contribution in [0.25, 0.3) is 0 Å². The number of benzene rings is 2. The first kappa shape index (κ1) is 20.2. The number of anilines is 2. The largest absolute Gasteiger partial charge is 0.494 e.